The van der Waals surface area contributed by atoms with E-state index in [9.17, 15) is 9.90 Å². The molecule has 5 heteroatoms. The van der Waals surface area contributed by atoms with Gasteiger partial charge in [-0.25, -0.2) is 0 Å². The predicted octanol–water partition coefficient (Wildman–Crippen LogP) is 1.35. The van der Waals surface area contributed by atoms with Gasteiger partial charge in [0.25, 0.3) is 0 Å². The van der Waals surface area contributed by atoms with Crippen molar-refractivity contribution in [1.29, 1.82) is 0 Å². The quantitative estimate of drug-likeness (QED) is 0.867. The van der Waals surface area contributed by atoms with E-state index in [2.05, 4.69) is 15.3 Å². The second kappa shape index (κ2) is 5.95. The van der Waals surface area contributed by atoms with Gasteiger partial charge in [-0.3, -0.25) is 14.8 Å². The van der Waals surface area contributed by atoms with Crippen LogP contribution in [0.5, 0.6) is 5.75 Å². The Bertz CT molecular complexity index is 567. The summed E-state index contributed by atoms with van der Waals surface area (Å²) in [6.45, 7) is 2.21. The lowest BCUT2D eigenvalue weighted by atomic mass is 10.1. The van der Waals surface area contributed by atoms with Crippen molar-refractivity contribution in [2.45, 2.75) is 19.9 Å². The molecule has 0 saturated heterocycles. The number of aryl methyl sites for hydroxylation is 1. The molecule has 0 fully saturated rings. The van der Waals surface area contributed by atoms with Gasteiger partial charge in [0.2, 0.25) is 5.91 Å². The van der Waals surface area contributed by atoms with Gasteiger partial charge in [0.1, 0.15) is 5.75 Å². The van der Waals surface area contributed by atoms with Crippen molar-refractivity contribution in [2.75, 3.05) is 0 Å². The first-order valence-electron chi connectivity index (χ1n) is 5.95. The van der Waals surface area contributed by atoms with Gasteiger partial charge >= 0.3 is 0 Å². The van der Waals surface area contributed by atoms with Crippen LogP contribution in [0.2, 0.25) is 0 Å². The second-order valence-electron chi connectivity index (χ2n) is 4.27. The SMILES string of the molecule is Cc1cnc(CNC(=O)Cc2cccc(O)c2)cn1. The number of aromatic hydroxyl groups is 1. The smallest absolute Gasteiger partial charge is 0.224 e. The Labute approximate surface area is 111 Å². The van der Waals surface area contributed by atoms with Crippen molar-refractivity contribution in [1.82, 2.24) is 15.3 Å². The second-order valence-corrected chi connectivity index (χ2v) is 4.27. The van der Waals surface area contributed by atoms with Crippen LogP contribution in [0.3, 0.4) is 0 Å². The molecule has 1 aromatic heterocycles. The first-order chi connectivity index (χ1) is 9.13. The first kappa shape index (κ1) is 13.0. The normalized spacial score (nSPS) is 10.2. The summed E-state index contributed by atoms with van der Waals surface area (Å²) in [5.41, 5.74) is 2.33. The summed E-state index contributed by atoms with van der Waals surface area (Å²) in [6, 6.07) is 6.66. The summed E-state index contributed by atoms with van der Waals surface area (Å²) in [6.07, 6.45) is 3.54. The van der Waals surface area contributed by atoms with Gasteiger partial charge in [0.05, 0.1) is 30.6 Å². The molecule has 5 nitrogen and oxygen atoms in total. The number of hydrogen-bond donors (Lipinski definition) is 2. The van der Waals surface area contributed by atoms with Crippen LogP contribution < -0.4 is 5.32 Å². The summed E-state index contributed by atoms with van der Waals surface area (Å²) in [5, 5.41) is 12.1. The van der Waals surface area contributed by atoms with E-state index in [1.165, 1.54) is 0 Å². The van der Waals surface area contributed by atoms with E-state index in [0.717, 1.165) is 17.0 Å². The van der Waals surface area contributed by atoms with Crippen LogP contribution in [0.1, 0.15) is 17.0 Å². The number of hydrogen-bond acceptors (Lipinski definition) is 4. The highest BCUT2D eigenvalue weighted by molar-refractivity contribution is 5.78. The van der Waals surface area contributed by atoms with E-state index >= 15 is 0 Å². The molecule has 1 aromatic carbocycles. The molecule has 2 rings (SSSR count). The summed E-state index contributed by atoms with van der Waals surface area (Å²) in [4.78, 5) is 20.0. The topological polar surface area (TPSA) is 75.1 Å². The molecule has 19 heavy (non-hydrogen) atoms. The fraction of sp³-hybridized carbons (Fsp3) is 0.214. The van der Waals surface area contributed by atoms with Crippen molar-refractivity contribution in [3.05, 3.63) is 53.6 Å². The number of carbonyl (C=O) groups is 1. The monoisotopic (exact) mass is 257 g/mol. The number of aromatic nitrogens is 2. The van der Waals surface area contributed by atoms with E-state index in [4.69, 9.17) is 0 Å². The number of nitrogens with zero attached hydrogens (tertiary/aromatic N) is 2. The fourth-order valence-electron chi connectivity index (χ4n) is 1.61. The first-order valence-corrected chi connectivity index (χ1v) is 5.95. The molecular formula is C14H15N3O2. The van der Waals surface area contributed by atoms with Crippen LogP contribution in [0.25, 0.3) is 0 Å². The minimum absolute atomic E-state index is 0.118. The van der Waals surface area contributed by atoms with Crippen molar-refractivity contribution < 1.29 is 9.90 Å². The van der Waals surface area contributed by atoms with Gasteiger partial charge in [-0.2, -0.15) is 0 Å². The molecule has 0 aliphatic rings. The molecule has 0 atom stereocenters. The molecule has 0 unspecified atom stereocenters. The third kappa shape index (κ3) is 4.06. The summed E-state index contributed by atoms with van der Waals surface area (Å²) >= 11 is 0. The highest BCUT2D eigenvalue weighted by Gasteiger charge is 2.04. The maximum absolute atomic E-state index is 11.7. The van der Waals surface area contributed by atoms with Crippen molar-refractivity contribution in [2.24, 2.45) is 0 Å². The lowest BCUT2D eigenvalue weighted by molar-refractivity contribution is -0.120. The number of amides is 1. The molecular weight excluding hydrogens is 242 g/mol. The third-order valence-corrected chi connectivity index (χ3v) is 2.58. The maximum atomic E-state index is 11.7. The zero-order chi connectivity index (χ0) is 13.7. The van der Waals surface area contributed by atoms with Gasteiger partial charge in [-0.05, 0) is 24.6 Å². The van der Waals surface area contributed by atoms with Crippen molar-refractivity contribution >= 4 is 5.91 Å². The molecule has 0 aliphatic heterocycles. The van der Waals surface area contributed by atoms with Crippen LogP contribution >= 0.6 is 0 Å². The Morgan fingerprint density at radius 3 is 2.84 bits per heavy atom. The highest BCUT2D eigenvalue weighted by Crippen LogP contribution is 2.11. The van der Waals surface area contributed by atoms with E-state index < -0.39 is 0 Å². The van der Waals surface area contributed by atoms with E-state index in [1.54, 1.807) is 36.7 Å². The Kier molecular flexibility index (Phi) is 4.07. The minimum Gasteiger partial charge on any atom is -0.508 e. The van der Waals surface area contributed by atoms with Crippen LogP contribution in [0.4, 0.5) is 0 Å². The van der Waals surface area contributed by atoms with Crippen LogP contribution in [-0.4, -0.2) is 21.0 Å². The zero-order valence-corrected chi connectivity index (χ0v) is 10.6. The van der Waals surface area contributed by atoms with Crippen LogP contribution in [0, 0.1) is 6.92 Å². The zero-order valence-electron chi connectivity index (χ0n) is 10.6. The Morgan fingerprint density at radius 1 is 1.32 bits per heavy atom. The van der Waals surface area contributed by atoms with Gasteiger partial charge in [-0.15, -0.1) is 0 Å². The largest absolute Gasteiger partial charge is 0.508 e. The third-order valence-electron chi connectivity index (χ3n) is 2.58. The average Bonchev–Trinajstić information content (AvgIpc) is 2.38. The van der Waals surface area contributed by atoms with E-state index in [1.807, 2.05) is 6.92 Å². The molecule has 0 radical (unpaired) electrons. The highest BCUT2D eigenvalue weighted by atomic mass is 16.3. The van der Waals surface area contributed by atoms with E-state index in [0.29, 0.717) is 6.54 Å². The molecule has 1 heterocycles. The molecule has 0 saturated carbocycles. The molecule has 98 valence electrons. The summed E-state index contributed by atoms with van der Waals surface area (Å²) in [5.74, 6) is 0.0441. The number of phenolic OH excluding ortho intramolecular Hbond substituents is 1. The Hall–Kier alpha value is -2.43. The van der Waals surface area contributed by atoms with Gasteiger partial charge < -0.3 is 10.4 Å². The lowest BCUT2D eigenvalue weighted by Crippen LogP contribution is -2.25. The molecule has 0 spiro atoms. The number of rotatable bonds is 4. The molecule has 0 bridgehead atoms. The lowest BCUT2D eigenvalue weighted by Gasteiger charge is -2.05. The van der Waals surface area contributed by atoms with Crippen molar-refractivity contribution in [3.8, 4) is 5.75 Å². The molecule has 2 aromatic rings. The van der Waals surface area contributed by atoms with E-state index in [-0.39, 0.29) is 18.1 Å². The fourth-order valence-corrected chi connectivity index (χ4v) is 1.61. The average molecular weight is 257 g/mol. The standard InChI is InChI=1S/C14H15N3O2/c1-10-7-16-12(8-15-10)9-17-14(19)6-11-3-2-4-13(18)5-11/h2-5,7-8,18H,6,9H2,1H3,(H,17,19). The predicted molar refractivity (Wildman–Crippen MR) is 70.4 cm³/mol. The maximum Gasteiger partial charge on any atom is 0.224 e. The summed E-state index contributed by atoms with van der Waals surface area (Å²) in [7, 11) is 0. The minimum atomic E-state index is -0.118. The number of benzene rings is 1. The van der Waals surface area contributed by atoms with Crippen LogP contribution in [-0.2, 0) is 17.8 Å². The molecule has 0 aliphatic carbocycles. The van der Waals surface area contributed by atoms with Crippen molar-refractivity contribution in [3.63, 3.8) is 0 Å². The Morgan fingerprint density at radius 2 is 2.16 bits per heavy atom. The number of phenols is 1. The number of nitrogens with one attached hydrogen (secondary N) is 1. The summed E-state index contributed by atoms with van der Waals surface area (Å²) < 4.78 is 0. The van der Waals surface area contributed by atoms with Crippen LogP contribution in [0.15, 0.2) is 36.7 Å². The Balaban J connectivity index is 1.86. The molecule has 2 N–H and O–H groups in total. The van der Waals surface area contributed by atoms with Gasteiger partial charge in [0, 0.05) is 6.20 Å². The van der Waals surface area contributed by atoms with Gasteiger partial charge in [0.15, 0.2) is 0 Å². The number of carbonyl (C=O) groups excluding carboxylic acids is 1. The van der Waals surface area contributed by atoms with Gasteiger partial charge in [-0.1, -0.05) is 12.1 Å². The molecule has 1 amide bonds.